The number of aliphatic hydroxyl groups is 10. The van der Waals surface area contributed by atoms with Crippen molar-refractivity contribution in [3.8, 4) is 0 Å². The van der Waals surface area contributed by atoms with Crippen LogP contribution in [0.2, 0.25) is 0 Å². The molecule has 14 N–H and O–H groups in total. The van der Waals surface area contributed by atoms with Crippen molar-refractivity contribution in [3.05, 3.63) is 122 Å². The first kappa shape index (κ1) is 123. The summed E-state index contributed by atoms with van der Waals surface area (Å²) < 4.78 is 194. The van der Waals surface area contributed by atoms with Crippen LogP contribution in [0.3, 0.4) is 0 Å². The summed E-state index contributed by atoms with van der Waals surface area (Å²) >= 11 is 0. The summed E-state index contributed by atoms with van der Waals surface area (Å²) in [7, 11) is -7.57. The number of azide groups is 6. The molecular weight excluding hydrogens is 1960 g/mol. The van der Waals surface area contributed by atoms with E-state index >= 15 is 0 Å². The zero-order chi connectivity index (χ0) is 103. The second-order valence-corrected chi connectivity index (χ2v) is 35.5. The Bertz CT molecular complexity index is 4370. The van der Waals surface area contributed by atoms with E-state index in [2.05, 4.69) is 60.2 Å². The number of benzene rings is 2. The van der Waals surface area contributed by atoms with Gasteiger partial charge < -0.3 is 176 Å². The maximum atomic E-state index is 12.0. The third kappa shape index (κ3) is 40.3. The zero-order valence-corrected chi connectivity index (χ0v) is 79.8. The number of nitrogens with zero attached hydrogens (tertiary/aromatic N) is 18. The van der Waals surface area contributed by atoms with Gasteiger partial charge in [-0.1, -0.05) is 73.5 Å². The lowest BCUT2D eigenvalue weighted by molar-refractivity contribution is -0.333. The van der Waals surface area contributed by atoms with Gasteiger partial charge in [0.2, 0.25) is 0 Å². The Labute approximate surface area is 823 Å². The lowest BCUT2D eigenvalue weighted by Crippen LogP contribution is -2.66. The molecule has 6 saturated heterocycles. The molecule has 6 heterocycles. The molecule has 2 aliphatic carbocycles. The summed E-state index contributed by atoms with van der Waals surface area (Å²) in [4.78, 5) is 16.9. The fraction of sp³-hybridized carbons (Fsp3) is 0.852. The topological polar surface area (TPSA) is 855 Å². The van der Waals surface area contributed by atoms with Crippen molar-refractivity contribution in [1.82, 2.24) is 0 Å². The number of fused-ring (bicyclic) bond motifs is 2. The third-order valence-corrected chi connectivity index (χ3v) is 25.2. The average molecular weight is 2090 g/mol. The van der Waals surface area contributed by atoms with Crippen molar-refractivity contribution in [2.45, 2.75) is 227 Å². The molecule has 810 valence electrons. The van der Waals surface area contributed by atoms with Gasteiger partial charge in [-0.3, -0.25) is 8.37 Å². The second-order valence-electron chi connectivity index (χ2n) is 32.3. The normalized spacial score (nSPS) is 33.8. The number of nitrogens with two attached hydrogens (primary N) is 2. The van der Waals surface area contributed by atoms with Gasteiger partial charge in [0, 0.05) is 36.0 Å². The van der Waals surface area contributed by atoms with Crippen LogP contribution >= 0.6 is 0 Å². The molecular formula is C81H134N20O40S2. The Balaban J connectivity index is 0.000000296. The molecule has 12 unspecified atom stereocenters. The van der Waals surface area contributed by atoms with Crippen molar-refractivity contribution in [3.63, 3.8) is 0 Å². The summed E-state index contributed by atoms with van der Waals surface area (Å²) in [5, 5.41) is 130. The molecule has 2 saturated carbocycles. The summed E-state index contributed by atoms with van der Waals surface area (Å²) in [6.07, 6.45) is -37.2. The predicted molar refractivity (Wildman–Crippen MR) is 485 cm³/mol. The van der Waals surface area contributed by atoms with Crippen LogP contribution in [-0.4, -0.2) is 476 Å². The molecule has 60 nitrogen and oxygen atoms in total. The minimum atomic E-state index is -3.79. The number of rotatable bonds is 35. The van der Waals surface area contributed by atoms with E-state index in [9.17, 15) is 95.6 Å². The number of hydrogen-bond acceptors (Lipinski definition) is 48. The number of aryl methyl sites for hydroxylation is 2. The molecule has 0 bridgehead atoms. The smallest absolute Gasteiger partial charge is 0.297 e. The highest BCUT2D eigenvalue weighted by Crippen LogP contribution is 2.39. The highest BCUT2D eigenvalue weighted by Gasteiger charge is 2.56. The molecule has 30 atom stereocenters. The van der Waals surface area contributed by atoms with Gasteiger partial charge >= 0.3 is 0 Å². The molecule has 0 radical (unpaired) electrons. The Morgan fingerprint density at radius 3 is 0.979 bits per heavy atom. The van der Waals surface area contributed by atoms with Crippen LogP contribution in [0.4, 0.5) is 0 Å². The van der Waals surface area contributed by atoms with Crippen LogP contribution < -0.4 is 11.5 Å². The summed E-state index contributed by atoms with van der Waals surface area (Å²) in [6.45, 7) is 10.1. The summed E-state index contributed by atoms with van der Waals surface area (Å²) in [6, 6.07) is 5.43. The highest BCUT2D eigenvalue weighted by atomic mass is 32.2. The fourth-order valence-electron chi connectivity index (χ4n) is 15.2. The van der Waals surface area contributed by atoms with Crippen molar-refractivity contribution >= 4 is 20.2 Å². The van der Waals surface area contributed by atoms with E-state index in [1.165, 1.54) is 24.3 Å². The van der Waals surface area contributed by atoms with Gasteiger partial charge in [-0.05, 0) is 84.1 Å². The lowest BCUT2D eigenvalue weighted by Gasteiger charge is -2.48. The van der Waals surface area contributed by atoms with E-state index in [1.54, 1.807) is 24.3 Å². The van der Waals surface area contributed by atoms with Gasteiger partial charge in [0.15, 0.2) is 25.2 Å². The molecule has 2 aromatic carbocycles. The van der Waals surface area contributed by atoms with E-state index < -0.39 is 210 Å². The first-order valence-electron chi connectivity index (χ1n) is 45.6. The Morgan fingerprint density at radius 1 is 0.350 bits per heavy atom. The Morgan fingerprint density at radius 2 is 0.643 bits per heavy atom. The third-order valence-electron chi connectivity index (χ3n) is 22.5. The number of hydrogen-bond donors (Lipinski definition) is 12. The summed E-state index contributed by atoms with van der Waals surface area (Å²) in [5.74, 6) is 0. The SMILES string of the molecule is C.Cc1ccc(S(=O)(=O)OCCOCCOCCOCCOCCOS(=O)(=O)c2ccc(C)cc2)cc1.[N-]=[N+]=NC1C[C@@H](N=[N+]=[N-])C(OC2O[C@@H]3COCCOCCOCCOCCOCCO[C@H]3C(N)[C@H]2O)[C@@H](O)[C@@H]1O[C@H]1OC(CN)[C@@H](O)[C@H](O)C1O.[N-]=[N+]=NCC1O[C@H](O[C@@H]2C(N=[N+]=[N-])C[C@@H](N=[N+]=[N-])C(OC3O[C@@H]4COCCOCCOCCOCCOCCO[C@H]4C(N=[N+]=[N-])[C@H]3O)[C@H]2O)C(O)[C@@H](O)[C@@H]1O. The van der Waals surface area contributed by atoms with Crippen LogP contribution in [0.5, 0.6) is 0 Å². The zero-order valence-electron chi connectivity index (χ0n) is 78.1. The molecule has 2 aromatic rings. The molecule has 10 rings (SSSR count). The molecule has 8 aliphatic rings. The predicted octanol–water partition coefficient (Wildman–Crippen LogP) is -1.10. The van der Waals surface area contributed by atoms with Gasteiger partial charge in [-0.15, -0.1) is 0 Å². The standard InChI is InChI=1S/C28H46N12O15.C28H50N8O15.C24H34O10S2.CH4/c29-37-33-12-16-19(41)21(43)22(44)28(52-16)55-25-15(35-39-31)11-14(34-38-30)24(23(25)45)54-27-20(42)18(36-40-32)26-17(53-27)13-50-8-7-48-4-3-46-1-2-47-5-6-49-9-10-51-26;29-12-16-19(37)21(39)22(40)28(48-16)51-25-15(34-36-32)11-14(33-35-31)24(23(25)41)50-27-20(38)18(30)26-17(49-27)13-46-8-7-44-4-3-42-1-2-43-5-6-45-9-10-47-26;1-21-3-7-23(8-4-21)35(25,26)33-19-17-31-15-13-29-11-12-30-14-16-32-18-20-34-36(27,28)24-9-5-22(2)6-10-24;/h14-28,41-45H,1-13H2;14-28,37-41H,1-13,29-30H2;3-10H,11-20H2,1-2H3;1H4/t2*14-,15?,16?,17-,18?,19-,20-,21+,22?,23-,24?,25-,26-,27?,28-;;/m11../s1. The number of aliphatic hydroxyl groups excluding tert-OH is 10. The maximum Gasteiger partial charge on any atom is 0.297 e. The monoisotopic (exact) mass is 2090 g/mol. The van der Waals surface area contributed by atoms with Gasteiger partial charge in [0.1, 0.15) is 85.5 Å². The van der Waals surface area contributed by atoms with Crippen LogP contribution in [0.25, 0.3) is 62.7 Å². The lowest BCUT2D eigenvalue weighted by atomic mass is 9.84. The van der Waals surface area contributed by atoms with Gasteiger partial charge in [0.25, 0.3) is 20.2 Å². The fourth-order valence-corrected chi connectivity index (χ4v) is 17.0. The minimum absolute atomic E-state index is 0. The largest absolute Gasteiger partial charge is 0.388 e. The van der Waals surface area contributed by atoms with E-state index in [-0.39, 0.29) is 136 Å². The van der Waals surface area contributed by atoms with Crippen LogP contribution in [-0.2, 0) is 142 Å². The average Bonchev–Trinajstić information content (AvgIpc) is 0.772. The van der Waals surface area contributed by atoms with Crippen LogP contribution in [0.15, 0.2) is 89.0 Å². The van der Waals surface area contributed by atoms with Crippen molar-refractivity contribution in [1.29, 1.82) is 0 Å². The van der Waals surface area contributed by atoms with E-state index in [1.807, 2.05) is 13.8 Å². The number of ether oxygens (including phenoxy) is 24. The Hall–Kier alpha value is -7.32. The Kier molecular flexibility index (Phi) is 58.0. The summed E-state index contributed by atoms with van der Waals surface area (Å²) in [5.41, 5.74) is 69.5. The second kappa shape index (κ2) is 67.6. The van der Waals surface area contributed by atoms with E-state index in [0.717, 1.165) is 11.1 Å². The van der Waals surface area contributed by atoms with Crippen LogP contribution in [0.1, 0.15) is 31.4 Å². The quantitative estimate of drug-likeness (QED) is 0.0128. The molecule has 0 aromatic heterocycles. The molecule has 6 aliphatic heterocycles. The molecule has 143 heavy (non-hydrogen) atoms. The first-order valence-corrected chi connectivity index (χ1v) is 48.4. The van der Waals surface area contributed by atoms with E-state index in [4.69, 9.17) is 139 Å². The highest BCUT2D eigenvalue weighted by molar-refractivity contribution is 7.87. The molecule has 0 amide bonds. The van der Waals surface area contributed by atoms with Gasteiger partial charge in [0.05, 0.1) is 301 Å². The minimum Gasteiger partial charge on any atom is -0.388 e. The molecule has 62 heteroatoms. The molecule has 0 spiro atoms. The van der Waals surface area contributed by atoms with Crippen LogP contribution in [0, 0.1) is 13.8 Å². The van der Waals surface area contributed by atoms with Gasteiger partial charge in [-0.2, -0.15) is 16.8 Å². The van der Waals surface area contributed by atoms with Crippen molar-refractivity contribution in [2.75, 3.05) is 225 Å². The van der Waals surface area contributed by atoms with Gasteiger partial charge in [-0.25, -0.2) is 0 Å². The van der Waals surface area contributed by atoms with Crippen molar-refractivity contribution in [2.24, 2.45) is 42.2 Å². The first-order chi connectivity index (χ1) is 68.7. The molecule has 8 fully saturated rings. The maximum absolute atomic E-state index is 12.0. The van der Waals surface area contributed by atoms with E-state index in [0.29, 0.717) is 112 Å². The van der Waals surface area contributed by atoms with Crippen molar-refractivity contribution < 1.29 is 190 Å².